The minimum Gasteiger partial charge on any atom is -0.494 e. The van der Waals surface area contributed by atoms with E-state index in [-0.39, 0.29) is 28.7 Å². The van der Waals surface area contributed by atoms with Gasteiger partial charge in [-0.15, -0.1) is 10.2 Å². The Kier molecular flexibility index (Phi) is 7.27. The van der Waals surface area contributed by atoms with Crippen LogP contribution in [-0.4, -0.2) is 59.7 Å². The number of para-hydroxylation sites is 1. The lowest BCUT2D eigenvalue weighted by molar-refractivity contribution is 0.0948. The highest BCUT2D eigenvalue weighted by atomic mass is 35.5. The third-order valence-corrected chi connectivity index (χ3v) is 8.91. The first-order chi connectivity index (χ1) is 17.0. The Morgan fingerprint density at radius 3 is 2.19 bits per heavy atom. The molecule has 36 heavy (non-hydrogen) atoms. The molecule has 4 rings (SSSR count). The number of benzene rings is 1. The van der Waals surface area contributed by atoms with E-state index in [4.69, 9.17) is 25.8 Å². The van der Waals surface area contributed by atoms with Crippen LogP contribution >= 0.6 is 11.6 Å². The van der Waals surface area contributed by atoms with Gasteiger partial charge in [-0.2, -0.15) is 0 Å². The van der Waals surface area contributed by atoms with E-state index in [1.807, 2.05) is 0 Å². The lowest BCUT2D eigenvalue weighted by Gasteiger charge is -2.22. The van der Waals surface area contributed by atoms with Crippen LogP contribution in [0.25, 0.3) is 5.69 Å². The van der Waals surface area contributed by atoms with Crippen LogP contribution in [0.2, 0.25) is 5.02 Å². The summed E-state index contributed by atoms with van der Waals surface area (Å²) in [6.07, 6.45) is 2.82. The SMILES string of the molecule is COc1cccc(OC)c1-n1c(CS(=O)(=O)[C@@H](C)[C@H](OC)c2ncc(Cl)cn2)nnc1C1CC1(C)C. The summed E-state index contributed by atoms with van der Waals surface area (Å²) < 4.78 is 45.8. The van der Waals surface area contributed by atoms with Gasteiger partial charge in [0.25, 0.3) is 0 Å². The smallest absolute Gasteiger partial charge is 0.163 e. The van der Waals surface area contributed by atoms with Gasteiger partial charge >= 0.3 is 0 Å². The molecule has 0 saturated heterocycles. The van der Waals surface area contributed by atoms with Crippen molar-refractivity contribution >= 4 is 21.4 Å². The maximum atomic E-state index is 13.6. The fraction of sp³-hybridized carbons (Fsp3) is 0.500. The number of rotatable bonds is 10. The molecule has 0 N–H and O–H groups in total. The molecule has 0 amide bonds. The Morgan fingerprint density at radius 2 is 1.69 bits per heavy atom. The van der Waals surface area contributed by atoms with Crippen LogP contribution in [0, 0.1) is 5.41 Å². The molecule has 1 unspecified atom stereocenters. The van der Waals surface area contributed by atoms with Crippen molar-refractivity contribution in [1.82, 2.24) is 24.7 Å². The zero-order valence-corrected chi connectivity index (χ0v) is 22.7. The summed E-state index contributed by atoms with van der Waals surface area (Å²) in [4.78, 5) is 8.31. The number of aromatic nitrogens is 5. The summed E-state index contributed by atoms with van der Waals surface area (Å²) in [5, 5.41) is 8.15. The molecule has 2 heterocycles. The molecule has 1 aliphatic rings. The largest absolute Gasteiger partial charge is 0.494 e. The van der Waals surface area contributed by atoms with Gasteiger partial charge in [0, 0.05) is 25.4 Å². The monoisotopic (exact) mass is 535 g/mol. The first kappa shape index (κ1) is 26.3. The zero-order valence-electron chi connectivity index (χ0n) is 21.1. The first-order valence-electron chi connectivity index (χ1n) is 11.4. The third kappa shape index (κ3) is 4.91. The molecule has 1 saturated carbocycles. The lowest BCUT2D eigenvalue weighted by atomic mass is 10.1. The number of nitrogens with zero attached hydrogens (tertiary/aromatic N) is 5. The van der Waals surface area contributed by atoms with Crippen molar-refractivity contribution in [3.05, 3.63) is 53.1 Å². The summed E-state index contributed by atoms with van der Waals surface area (Å²) in [6, 6.07) is 5.39. The average molecular weight is 536 g/mol. The van der Waals surface area contributed by atoms with Crippen LogP contribution in [0.1, 0.15) is 56.7 Å². The number of hydrogen-bond acceptors (Lipinski definition) is 9. The van der Waals surface area contributed by atoms with Gasteiger partial charge in [-0.25, -0.2) is 18.4 Å². The van der Waals surface area contributed by atoms with Crippen LogP contribution in [0.15, 0.2) is 30.6 Å². The van der Waals surface area contributed by atoms with E-state index < -0.39 is 21.2 Å². The molecule has 0 spiro atoms. The quantitative estimate of drug-likeness (QED) is 0.380. The Labute approximate surface area is 215 Å². The molecule has 2 aromatic heterocycles. The number of ether oxygens (including phenoxy) is 3. The van der Waals surface area contributed by atoms with Crippen LogP contribution in [0.4, 0.5) is 0 Å². The molecule has 0 aliphatic heterocycles. The van der Waals surface area contributed by atoms with Crippen LogP contribution in [-0.2, 0) is 20.3 Å². The molecule has 12 heteroatoms. The Hall–Kier alpha value is -2.76. The molecule has 0 bridgehead atoms. The van der Waals surface area contributed by atoms with Crippen molar-refractivity contribution in [2.75, 3.05) is 21.3 Å². The Bertz CT molecular complexity index is 1320. The molecule has 1 aliphatic carbocycles. The fourth-order valence-corrected chi connectivity index (χ4v) is 5.85. The normalized spacial score (nSPS) is 18.5. The topological polar surface area (TPSA) is 118 Å². The molecule has 194 valence electrons. The molecule has 3 atom stereocenters. The van der Waals surface area contributed by atoms with Gasteiger partial charge in [-0.1, -0.05) is 31.5 Å². The third-order valence-electron chi connectivity index (χ3n) is 6.68. The fourth-order valence-electron chi connectivity index (χ4n) is 4.33. The highest BCUT2D eigenvalue weighted by molar-refractivity contribution is 7.91. The van der Waals surface area contributed by atoms with E-state index in [1.165, 1.54) is 19.5 Å². The molecule has 1 aromatic carbocycles. The van der Waals surface area contributed by atoms with E-state index in [0.717, 1.165) is 6.42 Å². The van der Waals surface area contributed by atoms with Gasteiger partial charge in [-0.3, -0.25) is 4.57 Å². The van der Waals surface area contributed by atoms with Crippen LogP contribution in [0.5, 0.6) is 11.5 Å². The lowest BCUT2D eigenvalue weighted by Crippen LogP contribution is -2.30. The highest BCUT2D eigenvalue weighted by Crippen LogP contribution is 2.58. The van der Waals surface area contributed by atoms with E-state index >= 15 is 0 Å². The van der Waals surface area contributed by atoms with E-state index in [2.05, 4.69) is 34.0 Å². The number of hydrogen-bond donors (Lipinski definition) is 0. The van der Waals surface area contributed by atoms with Gasteiger partial charge < -0.3 is 14.2 Å². The predicted octanol–water partition coefficient (Wildman–Crippen LogP) is 3.93. The number of sulfone groups is 1. The standard InChI is InChI=1S/C24H30ClN5O5S/c1-14(21(35-6)22-26-11-15(25)12-27-22)36(31,32)13-19-28-29-23(16-10-24(16,2)3)30(19)20-17(33-4)8-7-9-18(20)34-5/h7-9,11-12,14,16,21H,10,13H2,1-6H3/t14-,16?,21-/m0/s1. The average Bonchev–Trinajstić information content (AvgIpc) is 3.30. The first-order valence-corrected chi connectivity index (χ1v) is 13.5. The van der Waals surface area contributed by atoms with Crippen molar-refractivity contribution in [1.29, 1.82) is 0 Å². The Morgan fingerprint density at radius 1 is 1.11 bits per heavy atom. The summed E-state index contributed by atoms with van der Waals surface area (Å²) >= 11 is 5.89. The van der Waals surface area contributed by atoms with Crippen LogP contribution < -0.4 is 9.47 Å². The molecule has 3 aromatic rings. The van der Waals surface area contributed by atoms with Gasteiger partial charge in [0.1, 0.15) is 34.9 Å². The van der Waals surface area contributed by atoms with Crippen molar-refractivity contribution in [2.24, 2.45) is 5.41 Å². The van der Waals surface area contributed by atoms with Gasteiger partial charge in [0.05, 0.1) is 24.5 Å². The Balaban J connectivity index is 1.78. The molecule has 10 nitrogen and oxygen atoms in total. The van der Waals surface area contributed by atoms with Gasteiger partial charge in [0.15, 0.2) is 21.5 Å². The van der Waals surface area contributed by atoms with E-state index in [1.54, 1.807) is 43.9 Å². The molecular weight excluding hydrogens is 506 g/mol. The second kappa shape index (κ2) is 9.95. The summed E-state index contributed by atoms with van der Waals surface area (Å²) in [7, 11) is 0.710. The van der Waals surface area contributed by atoms with Crippen LogP contribution in [0.3, 0.4) is 0 Å². The number of methoxy groups -OCH3 is 3. The predicted molar refractivity (Wildman–Crippen MR) is 134 cm³/mol. The molecular formula is C24H30ClN5O5S. The zero-order chi connectivity index (χ0) is 26.3. The second-order valence-electron chi connectivity index (χ2n) is 9.49. The van der Waals surface area contributed by atoms with Gasteiger partial charge in [0.2, 0.25) is 0 Å². The maximum absolute atomic E-state index is 13.6. The highest BCUT2D eigenvalue weighted by Gasteiger charge is 2.50. The summed E-state index contributed by atoms with van der Waals surface area (Å²) in [5.41, 5.74) is 0.587. The van der Waals surface area contributed by atoms with E-state index in [9.17, 15) is 8.42 Å². The second-order valence-corrected chi connectivity index (χ2v) is 12.3. The minimum absolute atomic E-state index is 0.0243. The van der Waals surface area contributed by atoms with Crippen molar-refractivity contribution in [3.8, 4) is 17.2 Å². The van der Waals surface area contributed by atoms with Crippen molar-refractivity contribution < 1.29 is 22.6 Å². The molecule has 1 fully saturated rings. The number of halogens is 1. The van der Waals surface area contributed by atoms with Gasteiger partial charge in [-0.05, 0) is 30.9 Å². The summed E-state index contributed by atoms with van der Waals surface area (Å²) in [5.74, 6) is 1.92. The van der Waals surface area contributed by atoms with Crippen molar-refractivity contribution in [3.63, 3.8) is 0 Å². The molecule has 0 radical (unpaired) electrons. The maximum Gasteiger partial charge on any atom is 0.163 e. The minimum atomic E-state index is -3.82. The van der Waals surface area contributed by atoms with E-state index in [0.29, 0.717) is 28.0 Å². The summed E-state index contributed by atoms with van der Waals surface area (Å²) in [6.45, 7) is 5.85. The van der Waals surface area contributed by atoms with Crippen molar-refractivity contribution in [2.45, 2.75) is 50.2 Å².